The molecule has 1 amide bonds. The van der Waals surface area contributed by atoms with E-state index in [2.05, 4.69) is 9.97 Å². The SMILES string of the molecule is Nc1nccnc1C(=O)N1CCN(S(=O)(=O)c2cc(C(F)(F)F)ccc2Cl)CC1. The number of piperazine rings is 1. The molecule has 3 rings (SSSR count). The average molecular weight is 450 g/mol. The maximum Gasteiger partial charge on any atom is 0.416 e. The number of aromatic nitrogens is 2. The van der Waals surface area contributed by atoms with Crippen LogP contribution in [0, 0.1) is 0 Å². The van der Waals surface area contributed by atoms with E-state index in [9.17, 15) is 26.4 Å². The minimum Gasteiger partial charge on any atom is -0.382 e. The van der Waals surface area contributed by atoms with Gasteiger partial charge in [0.2, 0.25) is 10.0 Å². The lowest BCUT2D eigenvalue weighted by atomic mass is 10.2. The summed E-state index contributed by atoms with van der Waals surface area (Å²) in [5.41, 5.74) is 4.46. The van der Waals surface area contributed by atoms with Crippen molar-refractivity contribution in [1.82, 2.24) is 19.2 Å². The van der Waals surface area contributed by atoms with Crippen LogP contribution in [0.15, 0.2) is 35.5 Å². The van der Waals surface area contributed by atoms with Gasteiger partial charge >= 0.3 is 6.18 Å². The van der Waals surface area contributed by atoms with Crippen molar-refractivity contribution in [2.24, 2.45) is 0 Å². The first-order valence-corrected chi connectivity index (χ1v) is 10.1. The number of alkyl halides is 3. The highest BCUT2D eigenvalue weighted by Crippen LogP contribution is 2.34. The molecule has 2 N–H and O–H groups in total. The number of anilines is 1. The van der Waals surface area contributed by atoms with Gasteiger partial charge in [0.05, 0.1) is 10.6 Å². The second kappa shape index (κ2) is 7.76. The minimum absolute atomic E-state index is 0.00462. The minimum atomic E-state index is -4.71. The smallest absolute Gasteiger partial charge is 0.382 e. The van der Waals surface area contributed by atoms with E-state index in [0.717, 1.165) is 10.4 Å². The zero-order chi connectivity index (χ0) is 21.4. The van der Waals surface area contributed by atoms with Crippen LogP contribution < -0.4 is 5.73 Å². The number of amides is 1. The van der Waals surface area contributed by atoms with Gasteiger partial charge in [-0.05, 0) is 18.2 Å². The first-order chi connectivity index (χ1) is 13.5. The summed E-state index contributed by atoms with van der Waals surface area (Å²) in [6.07, 6.45) is -2.08. The van der Waals surface area contributed by atoms with E-state index in [4.69, 9.17) is 17.3 Å². The van der Waals surface area contributed by atoms with Gasteiger partial charge in [-0.1, -0.05) is 11.6 Å². The number of sulfonamides is 1. The van der Waals surface area contributed by atoms with Crippen molar-refractivity contribution in [1.29, 1.82) is 0 Å². The number of benzene rings is 1. The number of hydrogen-bond donors (Lipinski definition) is 1. The first kappa shape index (κ1) is 21.3. The fraction of sp³-hybridized carbons (Fsp3) is 0.312. The van der Waals surface area contributed by atoms with E-state index in [0.29, 0.717) is 12.1 Å². The van der Waals surface area contributed by atoms with Crippen molar-refractivity contribution in [3.8, 4) is 0 Å². The van der Waals surface area contributed by atoms with Gasteiger partial charge in [-0.15, -0.1) is 0 Å². The molecule has 0 radical (unpaired) electrons. The monoisotopic (exact) mass is 449 g/mol. The second-order valence-electron chi connectivity index (χ2n) is 6.13. The van der Waals surface area contributed by atoms with Crippen LogP contribution in [0.3, 0.4) is 0 Å². The molecule has 1 aromatic carbocycles. The molecule has 13 heteroatoms. The normalized spacial score (nSPS) is 16.1. The van der Waals surface area contributed by atoms with Crippen molar-refractivity contribution < 1.29 is 26.4 Å². The van der Waals surface area contributed by atoms with Crippen molar-refractivity contribution in [3.63, 3.8) is 0 Å². The lowest BCUT2D eigenvalue weighted by molar-refractivity contribution is -0.137. The molecule has 29 heavy (non-hydrogen) atoms. The van der Waals surface area contributed by atoms with Gasteiger partial charge in [0.1, 0.15) is 4.90 Å². The number of nitrogens with zero attached hydrogens (tertiary/aromatic N) is 4. The highest BCUT2D eigenvalue weighted by Gasteiger charge is 2.36. The van der Waals surface area contributed by atoms with Crippen LogP contribution in [0.2, 0.25) is 5.02 Å². The van der Waals surface area contributed by atoms with E-state index < -0.39 is 32.6 Å². The number of carbonyl (C=O) groups is 1. The quantitative estimate of drug-likeness (QED) is 0.766. The molecule has 0 aliphatic carbocycles. The van der Waals surface area contributed by atoms with Gasteiger partial charge in [0.15, 0.2) is 11.5 Å². The molecule has 0 saturated carbocycles. The van der Waals surface area contributed by atoms with E-state index in [1.807, 2.05) is 0 Å². The molecule has 1 saturated heterocycles. The van der Waals surface area contributed by atoms with E-state index >= 15 is 0 Å². The third-order valence-electron chi connectivity index (χ3n) is 4.33. The van der Waals surface area contributed by atoms with Crippen LogP contribution in [0.25, 0.3) is 0 Å². The summed E-state index contributed by atoms with van der Waals surface area (Å²) < 4.78 is 65.5. The Morgan fingerprint density at radius 2 is 1.72 bits per heavy atom. The Hall–Kier alpha value is -2.44. The highest BCUT2D eigenvalue weighted by molar-refractivity contribution is 7.89. The molecule has 0 spiro atoms. The molecule has 0 unspecified atom stereocenters. The first-order valence-electron chi connectivity index (χ1n) is 8.24. The third-order valence-corrected chi connectivity index (χ3v) is 6.71. The topological polar surface area (TPSA) is 109 Å². The number of halogens is 4. The number of nitrogens with two attached hydrogens (primary N) is 1. The van der Waals surface area contributed by atoms with Crippen molar-refractivity contribution in [3.05, 3.63) is 46.9 Å². The van der Waals surface area contributed by atoms with Gasteiger partial charge in [-0.2, -0.15) is 17.5 Å². The maximum atomic E-state index is 12.9. The van der Waals surface area contributed by atoms with Crippen molar-refractivity contribution in [2.75, 3.05) is 31.9 Å². The van der Waals surface area contributed by atoms with Crippen molar-refractivity contribution in [2.45, 2.75) is 11.1 Å². The number of carbonyl (C=O) groups excluding carboxylic acids is 1. The molecule has 1 fully saturated rings. The van der Waals surface area contributed by atoms with E-state index in [1.54, 1.807) is 0 Å². The Morgan fingerprint density at radius 3 is 2.31 bits per heavy atom. The Bertz CT molecular complexity index is 1040. The molecule has 1 aromatic heterocycles. The van der Waals surface area contributed by atoms with Crippen LogP contribution in [-0.2, 0) is 16.2 Å². The molecular weight excluding hydrogens is 435 g/mol. The summed E-state index contributed by atoms with van der Waals surface area (Å²) in [4.78, 5) is 20.9. The largest absolute Gasteiger partial charge is 0.416 e. The molecule has 2 aromatic rings. The summed E-state index contributed by atoms with van der Waals surface area (Å²) in [6.45, 7) is -0.239. The van der Waals surface area contributed by atoms with Crippen LogP contribution in [-0.4, -0.2) is 59.7 Å². The predicted octanol–water partition coefficient (Wildman–Crippen LogP) is 1.88. The molecule has 1 aliphatic heterocycles. The fourth-order valence-electron chi connectivity index (χ4n) is 2.81. The molecule has 2 heterocycles. The van der Waals surface area contributed by atoms with E-state index in [-0.39, 0.29) is 42.7 Å². The van der Waals surface area contributed by atoms with Gasteiger partial charge in [-0.25, -0.2) is 18.4 Å². The number of hydrogen-bond acceptors (Lipinski definition) is 6. The molecule has 0 atom stereocenters. The predicted molar refractivity (Wildman–Crippen MR) is 97.6 cm³/mol. The third kappa shape index (κ3) is 4.28. The summed E-state index contributed by atoms with van der Waals surface area (Å²) in [5, 5.41) is -0.316. The van der Waals surface area contributed by atoms with Crippen LogP contribution in [0.5, 0.6) is 0 Å². The van der Waals surface area contributed by atoms with Gasteiger partial charge in [0, 0.05) is 38.6 Å². The average Bonchev–Trinajstić information content (AvgIpc) is 2.67. The molecular formula is C16H15ClF3N5O3S. The van der Waals surface area contributed by atoms with Gasteiger partial charge in [0.25, 0.3) is 5.91 Å². The molecule has 1 aliphatic rings. The van der Waals surface area contributed by atoms with Crippen LogP contribution in [0.4, 0.5) is 19.0 Å². The summed E-state index contributed by atoms with van der Waals surface area (Å²) >= 11 is 5.86. The Labute approximate surface area is 169 Å². The van der Waals surface area contributed by atoms with E-state index in [1.165, 1.54) is 17.3 Å². The zero-order valence-corrected chi connectivity index (χ0v) is 16.3. The highest BCUT2D eigenvalue weighted by atomic mass is 35.5. The summed E-state index contributed by atoms with van der Waals surface area (Å²) in [6, 6.07) is 2.12. The number of rotatable bonds is 3. The van der Waals surface area contributed by atoms with Gasteiger partial charge < -0.3 is 10.6 Å². The molecule has 0 bridgehead atoms. The van der Waals surface area contributed by atoms with Gasteiger partial charge in [-0.3, -0.25) is 4.79 Å². The Morgan fingerprint density at radius 1 is 1.10 bits per heavy atom. The van der Waals surface area contributed by atoms with Crippen LogP contribution in [0.1, 0.15) is 16.1 Å². The summed E-state index contributed by atoms with van der Waals surface area (Å²) in [5.74, 6) is -0.562. The molecule has 8 nitrogen and oxygen atoms in total. The Kier molecular flexibility index (Phi) is 5.70. The molecule has 156 valence electrons. The lowest BCUT2D eigenvalue weighted by Gasteiger charge is -2.34. The lowest BCUT2D eigenvalue weighted by Crippen LogP contribution is -2.50. The Balaban J connectivity index is 1.79. The van der Waals surface area contributed by atoms with Crippen molar-refractivity contribution >= 4 is 33.3 Å². The maximum absolute atomic E-state index is 12.9. The summed E-state index contributed by atoms with van der Waals surface area (Å²) in [7, 11) is -4.29. The zero-order valence-electron chi connectivity index (χ0n) is 14.7. The second-order valence-corrected chi connectivity index (χ2v) is 8.44. The fourth-order valence-corrected chi connectivity index (χ4v) is 4.73. The van der Waals surface area contributed by atoms with Crippen LogP contribution >= 0.6 is 11.6 Å². The number of nitrogen functional groups attached to an aromatic ring is 1. The standard InChI is InChI=1S/C16H15ClF3N5O3S/c17-11-2-1-10(16(18,19)20)9-12(11)29(27,28)25-7-5-24(6-8-25)15(26)13-14(21)23-4-3-22-13/h1-4,9H,5-8H2,(H2,21,23).